The van der Waals surface area contributed by atoms with Crippen molar-refractivity contribution in [3.63, 3.8) is 0 Å². The molecule has 0 aliphatic heterocycles. The van der Waals surface area contributed by atoms with E-state index in [0.717, 1.165) is 19.3 Å². The number of halogens is 2. The van der Waals surface area contributed by atoms with E-state index in [-0.39, 0.29) is 35.7 Å². The van der Waals surface area contributed by atoms with Crippen LogP contribution >= 0.6 is 23.2 Å². The first-order chi connectivity index (χ1) is 12.4. The molecular weight excluding hydrogens is 379 g/mol. The van der Waals surface area contributed by atoms with Crippen molar-refractivity contribution in [2.75, 3.05) is 13.2 Å². The molecule has 0 aromatic heterocycles. The molecular formula is C18H22Cl2N2O4. The lowest BCUT2D eigenvalue weighted by Crippen LogP contribution is -2.43. The van der Waals surface area contributed by atoms with Crippen LogP contribution in [0.5, 0.6) is 0 Å². The number of benzene rings is 1. The highest BCUT2D eigenvalue weighted by Gasteiger charge is 2.23. The molecule has 1 fully saturated rings. The van der Waals surface area contributed by atoms with Crippen molar-refractivity contribution in [3.05, 3.63) is 33.8 Å². The molecule has 0 spiro atoms. The molecule has 1 aliphatic rings. The number of amides is 2. The van der Waals surface area contributed by atoms with Gasteiger partial charge in [-0.3, -0.25) is 14.4 Å². The third kappa shape index (κ3) is 6.18. The number of ether oxygens (including phenoxy) is 1. The van der Waals surface area contributed by atoms with Crippen molar-refractivity contribution >= 4 is 41.0 Å². The molecule has 2 rings (SSSR count). The lowest BCUT2D eigenvalue weighted by molar-refractivity contribution is -0.147. The highest BCUT2D eigenvalue weighted by atomic mass is 35.5. The van der Waals surface area contributed by atoms with Gasteiger partial charge >= 0.3 is 5.97 Å². The number of rotatable bonds is 6. The molecule has 0 saturated heterocycles. The summed E-state index contributed by atoms with van der Waals surface area (Å²) in [6.07, 6.45) is 4.31. The SMILES string of the molecule is C[C@@H]1CCCC[C@H]1NC(=O)COC(=O)CNC(=O)c1ccc(Cl)c(Cl)c1. The minimum atomic E-state index is -0.690. The Morgan fingerprint density at radius 3 is 2.58 bits per heavy atom. The number of carbonyl (C=O) groups excluding carboxylic acids is 3. The maximum Gasteiger partial charge on any atom is 0.325 e. The van der Waals surface area contributed by atoms with Crippen molar-refractivity contribution in [2.45, 2.75) is 38.6 Å². The third-order valence-electron chi connectivity index (χ3n) is 4.40. The van der Waals surface area contributed by atoms with Gasteiger partial charge in [0.05, 0.1) is 10.0 Å². The minimum Gasteiger partial charge on any atom is -0.454 e. The van der Waals surface area contributed by atoms with Crippen molar-refractivity contribution in [1.29, 1.82) is 0 Å². The lowest BCUT2D eigenvalue weighted by Gasteiger charge is -2.29. The second-order valence-corrected chi connectivity index (χ2v) is 7.22. The van der Waals surface area contributed by atoms with Crippen LogP contribution in [0.2, 0.25) is 10.0 Å². The quantitative estimate of drug-likeness (QED) is 0.718. The minimum absolute atomic E-state index is 0.129. The van der Waals surface area contributed by atoms with E-state index in [1.165, 1.54) is 24.6 Å². The van der Waals surface area contributed by atoms with E-state index in [0.29, 0.717) is 10.9 Å². The molecule has 1 aromatic rings. The number of esters is 1. The summed E-state index contributed by atoms with van der Waals surface area (Å²) in [7, 11) is 0. The van der Waals surface area contributed by atoms with Gasteiger partial charge in [-0.2, -0.15) is 0 Å². The molecule has 0 radical (unpaired) electrons. The Hall–Kier alpha value is -1.79. The van der Waals surface area contributed by atoms with Crippen LogP contribution in [0, 0.1) is 5.92 Å². The van der Waals surface area contributed by atoms with Gasteiger partial charge in [-0.15, -0.1) is 0 Å². The largest absolute Gasteiger partial charge is 0.454 e. The van der Waals surface area contributed by atoms with Gasteiger partial charge < -0.3 is 15.4 Å². The second-order valence-electron chi connectivity index (χ2n) is 6.41. The second kappa shape index (κ2) is 9.78. The first-order valence-electron chi connectivity index (χ1n) is 8.55. The monoisotopic (exact) mass is 400 g/mol. The normalized spacial score (nSPS) is 19.5. The summed E-state index contributed by atoms with van der Waals surface area (Å²) in [6.45, 7) is 1.41. The predicted octanol–water partition coefficient (Wildman–Crippen LogP) is 2.96. The molecule has 142 valence electrons. The Bertz CT molecular complexity index is 681. The summed E-state index contributed by atoms with van der Waals surface area (Å²) in [5.41, 5.74) is 0.274. The fourth-order valence-electron chi connectivity index (χ4n) is 2.87. The van der Waals surface area contributed by atoms with E-state index < -0.39 is 11.9 Å². The zero-order chi connectivity index (χ0) is 19.1. The number of hydrogen-bond acceptors (Lipinski definition) is 4. The fraction of sp³-hybridized carbons (Fsp3) is 0.500. The molecule has 2 atom stereocenters. The fourth-order valence-corrected chi connectivity index (χ4v) is 3.17. The van der Waals surface area contributed by atoms with Crippen molar-refractivity contribution in [3.8, 4) is 0 Å². The van der Waals surface area contributed by atoms with E-state index in [1.54, 1.807) is 0 Å². The van der Waals surface area contributed by atoms with Gasteiger partial charge in [0.15, 0.2) is 6.61 Å². The molecule has 1 saturated carbocycles. The van der Waals surface area contributed by atoms with Crippen LogP contribution in [0.15, 0.2) is 18.2 Å². The highest BCUT2D eigenvalue weighted by Crippen LogP contribution is 2.24. The van der Waals surface area contributed by atoms with E-state index in [2.05, 4.69) is 17.6 Å². The Labute approximate surface area is 162 Å². The van der Waals surface area contributed by atoms with Crippen LogP contribution in [0.1, 0.15) is 43.0 Å². The standard InChI is InChI=1S/C18H22Cl2N2O4/c1-11-4-2-3-5-15(11)22-16(23)10-26-17(24)9-21-18(25)12-6-7-13(19)14(20)8-12/h6-8,11,15H,2-5,9-10H2,1H3,(H,21,25)(H,22,23)/t11-,15-/m1/s1. The van der Waals surface area contributed by atoms with Crippen LogP contribution < -0.4 is 10.6 Å². The van der Waals surface area contributed by atoms with Crippen LogP contribution in [0.4, 0.5) is 0 Å². The van der Waals surface area contributed by atoms with Gasteiger partial charge in [-0.25, -0.2) is 0 Å². The van der Waals surface area contributed by atoms with Crippen LogP contribution in [0.25, 0.3) is 0 Å². The van der Waals surface area contributed by atoms with Gasteiger partial charge in [0.25, 0.3) is 11.8 Å². The van der Waals surface area contributed by atoms with Gasteiger partial charge in [0.1, 0.15) is 6.54 Å². The number of carbonyl (C=O) groups is 3. The van der Waals surface area contributed by atoms with Gasteiger partial charge in [0, 0.05) is 11.6 Å². The Morgan fingerprint density at radius 1 is 1.15 bits per heavy atom. The summed E-state index contributed by atoms with van der Waals surface area (Å²) in [5, 5.41) is 5.89. The zero-order valence-electron chi connectivity index (χ0n) is 14.5. The average molecular weight is 401 g/mol. The average Bonchev–Trinajstić information content (AvgIpc) is 2.62. The van der Waals surface area contributed by atoms with Crippen molar-refractivity contribution in [1.82, 2.24) is 10.6 Å². The van der Waals surface area contributed by atoms with Crippen molar-refractivity contribution < 1.29 is 19.1 Å². The predicted molar refractivity (Wildman–Crippen MR) is 99.3 cm³/mol. The maximum atomic E-state index is 11.9. The molecule has 0 heterocycles. The Kier molecular flexibility index (Phi) is 7.72. The van der Waals surface area contributed by atoms with E-state index in [1.807, 2.05) is 0 Å². The van der Waals surface area contributed by atoms with Crippen molar-refractivity contribution in [2.24, 2.45) is 5.92 Å². The van der Waals surface area contributed by atoms with Crippen LogP contribution in [-0.4, -0.2) is 37.0 Å². The topological polar surface area (TPSA) is 84.5 Å². The van der Waals surface area contributed by atoms with Gasteiger partial charge in [-0.05, 0) is 37.0 Å². The number of hydrogen-bond donors (Lipinski definition) is 2. The number of nitrogens with one attached hydrogen (secondary N) is 2. The summed E-state index contributed by atoms with van der Waals surface area (Å²) >= 11 is 11.6. The zero-order valence-corrected chi connectivity index (χ0v) is 16.0. The molecule has 2 N–H and O–H groups in total. The van der Waals surface area contributed by atoms with Crippen LogP contribution in [-0.2, 0) is 14.3 Å². The molecule has 8 heteroatoms. The summed E-state index contributed by atoms with van der Waals surface area (Å²) in [6, 6.07) is 4.52. The van der Waals surface area contributed by atoms with E-state index in [9.17, 15) is 14.4 Å². The molecule has 1 aromatic carbocycles. The third-order valence-corrected chi connectivity index (χ3v) is 5.14. The molecule has 26 heavy (non-hydrogen) atoms. The first-order valence-corrected chi connectivity index (χ1v) is 9.30. The molecule has 6 nitrogen and oxygen atoms in total. The smallest absolute Gasteiger partial charge is 0.325 e. The first kappa shape index (κ1) is 20.5. The molecule has 1 aliphatic carbocycles. The van der Waals surface area contributed by atoms with E-state index >= 15 is 0 Å². The molecule has 0 unspecified atom stereocenters. The van der Waals surface area contributed by atoms with Gasteiger partial charge in [0.2, 0.25) is 0 Å². The Balaban J connectivity index is 1.70. The Morgan fingerprint density at radius 2 is 1.88 bits per heavy atom. The summed E-state index contributed by atoms with van der Waals surface area (Å²) in [5.74, 6) is -1.08. The highest BCUT2D eigenvalue weighted by molar-refractivity contribution is 6.42. The molecule has 0 bridgehead atoms. The lowest BCUT2D eigenvalue weighted by atomic mass is 9.86. The summed E-state index contributed by atoms with van der Waals surface area (Å²) < 4.78 is 4.90. The van der Waals surface area contributed by atoms with Gasteiger partial charge in [-0.1, -0.05) is 43.0 Å². The van der Waals surface area contributed by atoms with Crippen LogP contribution in [0.3, 0.4) is 0 Å². The molecule has 2 amide bonds. The maximum absolute atomic E-state index is 11.9. The summed E-state index contributed by atoms with van der Waals surface area (Å²) in [4.78, 5) is 35.5. The van der Waals surface area contributed by atoms with E-state index in [4.69, 9.17) is 27.9 Å².